The maximum atomic E-state index is 14.0. The van der Waals surface area contributed by atoms with Crippen LogP contribution in [-0.4, -0.2) is 21.2 Å². The summed E-state index contributed by atoms with van der Waals surface area (Å²) >= 11 is 6.19. The van der Waals surface area contributed by atoms with Crippen LogP contribution in [0.3, 0.4) is 0 Å². The van der Waals surface area contributed by atoms with Gasteiger partial charge in [0.1, 0.15) is 17.4 Å². The maximum absolute atomic E-state index is 14.0. The van der Waals surface area contributed by atoms with E-state index < -0.39 is 40.4 Å². The fourth-order valence-electron chi connectivity index (χ4n) is 3.76. The summed E-state index contributed by atoms with van der Waals surface area (Å²) in [5.74, 6) is 2.27. The van der Waals surface area contributed by atoms with E-state index in [0.717, 1.165) is 12.1 Å². The Hall–Kier alpha value is -4.34. The summed E-state index contributed by atoms with van der Waals surface area (Å²) in [4.78, 5) is 13.1. The highest BCUT2D eigenvalue weighted by atomic mass is 35.5. The summed E-state index contributed by atoms with van der Waals surface area (Å²) in [5.41, 5.74) is 9.72. The Kier molecular flexibility index (Phi) is 7.40. The second-order valence-electron chi connectivity index (χ2n) is 9.36. The topological polar surface area (TPSA) is 108 Å². The first-order valence-corrected chi connectivity index (χ1v) is 11.8. The number of aryl methyl sites for hydroxylation is 1. The van der Waals surface area contributed by atoms with Crippen molar-refractivity contribution in [3.8, 4) is 23.3 Å². The van der Waals surface area contributed by atoms with Gasteiger partial charge in [0, 0.05) is 18.7 Å². The number of halogens is 6. The molecule has 0 radical (unpaired) electrons. The number of hydrogen-bond acceptors (Lipinski definition) is 5. The molecule has 0 unspecified atom stereocenters. The number of alkyl halides is 3. The smallest absolute Gasteiger partial charge is 0.416 e. The van der Waals surface area contributed by atoms with Crippen molar-refractivity contribution >= 4 is 39.9 Å². The number of nitrogens with one attached hydrogen (secondary N) is 1. The van der Waals surface area contributed by atoms with E-state index in [-0.39, 0.29) is 45.0 Å². The number of ether oxygens (including phenoxy) is 1. The first-order valence-electron chi connectivity index (χ1n) is 11.5. The van der Waals surface area contributed by atoms with Crippen molar-refractivity contribution in [1.29, 1.82) is 0 Å². The number of nitrogens with zero attached hydrogens (tertiary/aromatic N) is 2. The molecule has 0 saturated carbocycles. The molecule has 1 aromatic heterocycles. The largest absolute Gasteiger partial charge is 0.453 e. The Morgan fingerprint density at radius 2 is 1.80 bits per heavy atom. The third-order valence-electron chi connectivity index (χ3n) is 5.45. The van der Waals surface area contributed by atoms with Crippen LogP contribution in [0.1, 0.15) is 35.3 Å². The Labute approximate surface area is 229 Å². The molecule has 0 aliphatic carbocycles. The van der Waals surface area contributed by atoms with E-state index in [1.807, 2.05) is 0 Å². The van der Waals surface area contributed by atoms with Crippen molar-refractivity contribution in [3.63, 3.8) is 0 Å². The van der Waals surface area contributed by atoms with Gasteiger partial charge in [-0.1, -0.05) is 23.4 Å². The highest BCUT2D eigenvalue weighted by Crippen LogP contribution is 2.43. The van der Waals surface area contributed by atoms with Crippen LogP contribution in [-0.2, 0) is 13.2 Å². The van der Waals surface area contributed by atoms with Gasteiger partial charge in [0.15, 0.2) is 11.6 Å². The molecule has 7 nitrogen and oxygen atoms in total. The van der Waals surface area contributed by atoms with E-state index in [1.165, 1.54) is 16.8 Å². The van der Waals surface area contributed by atoms with Crippen LogP contribution in [0.15, 0.2) is 42.5 Å². The maximum Gasteiger partial charge on any atom is 0.416 e. The highest BCUT2D eigenvalue weighted by Gasteiger charge is 2.32. The van der Waals surface area contributed by atoms with Crippen molar-refractivity contribution in [3.05, 3.63) is 75.8 Å². The molecule has 0 fully saturated rings. The number of rotatable bonds is 4. The van der Waals surface area contributed by atoms with Crippen LogP contribution in [0, 0.1) is 23.5 Å². The summed E-state index contributed by atoms with van der Waals surface area (Å²) in [5, 5.41) is 6.75. The molecule has 0 atom stereocenters. The number of benzene rings is 3. The zero-order valence-corrected chi connectivity index (χ0v) is 21.9. The fourth-order valence-corrected chi connectivity index (χ4v) is 3.91. The molecule has 1 amide bonds. The molecule has 208 valence electrons. The van der Waals surface area contributed by atoms with Gasteiger partial charge < -0.3 is 21.5 Å². The molecular weight excluding hydrogens is 557 g/mol. The second-order valence-corrected chi connectivity index (χ2v) is 9.77. The monoisotopic (exact) mass is 577 g/mol. The van der Waals surface area contributed by atoms with E-state index in [0.29, 0.717) is 17.6 Å². The molecule has 1 heterocycles. The van der Waals surface area contributed by atoms with Crippen molar-refractivity contribution < 1.29 is 31.5 Å². The van der Waals surface area contributed by atoms with Crippen LogP contribution in [0.5, 0.6) is 11.5 Å². The van der Waals surface area contributed by atoms with E-state index in [4.69, 9.17) is 27.8 Å². The van der Waals surface area contributed by atoms with Crippen molar-refractivity contribution in [1.82, 2.24) is 9.78 Å². The van der Waals surface area contributed by atoms with E-state index in [2.05, 4.69) is 22.3 Å². The summed E-state index contributed by atoms with van der Waals surface area (Å²) < 4.78 is 75.2. The zero-order chi connectivity index (χ0) is 29.6. The summed E-state index contributed by atoms with van der Waals surface area (Å²) in [7, 11) is 1.57. The van der Waals surface area contributed by atoms with Crippen LogP contribution < -0.4 is 21.5 Å². The minimum Gasteiger partial charge on any atom is -0.453 e. The Bertz CT molecular complexity index is 1720. The molecular formula is C27H21ClF5N5O2. The number of amides is 1. The van der Waals surface area contributed by atoms with Gasteiger partial charge in [-0.05, 0) is 50.2 Å². The minimum atomic E-state index is -4.90. The SMILES string of the molecule is Cn1nc(N)c2c(Oc3cc(F)ccc3Cl)c(NC(=O)c3cc(F)cc(C(F)(F)F)c3)cc(C#CC(C)(C)N)c21. The summed E-state index contributed by atoms with van der Waals surface area (Å²) in [6, 6.07) is 6.08. The van der Waals surface area contributed by atoms with E-state index >= 15 is 0 Å². The number of carbonyl (C=O) groups excluding carboxylic acids is 1. The minimum absolute atomic E-state index is 0.00277. The molecule has 0 saturated heterocycles. The number of nitrogen functional groups attached to an aromatic ring is 1. The van der Waals surface area contributed by atoms with Crippen LogP contribution in [0.25, 0.3) is 10.9 Å². The van der Waals surface area contributed by atoms with Crippen molar-refractivity contribution in [2.75, 3.05) is 11.1 Å². The molecule has 4 aromatic rings. The number of carbonyl (C=O) groups is 1. The molecule has 4 rings (SSSR count). The number of fused-ring (bicyclic) bond motifs is 1. The Morgan fingerprint density at radius 3 is 2.45 bits per heavy atom. The van der Waals surface area contributed by atoms with Gasteiger partial charge in [0.2, 0.25) is 0 Å². The van der Waals surface area contributed by atoms with Crippen molar-refractivity contribution in [2.24, 2.45) is 12.8 Å². The Balaban J connectivity index is 1.95. The molecule has 13 heteroatoms. The van der Waals surface area contributed by atoms with Gasteiger partial charge in [-0.15, -0.1) is 0 Å². The number of anilines is 2. The van der Waals surface area contributed by atoms with Crippen LogP contribution in [0.2, 0.25) is 5.02 Å². The first kappa shape index (κ1) is 28.7. The summed E-state index contributed by atoms with van der Waals surface area (Å²) in [6.07, 6.45) is -4.90. The second kappa shape index (κ2) is 10.3. The first-order chi connectivity index (χ1) is 18.5. The number of aromatic nitrogens is 2. The standard InChI is InChI=1S/C27H21ClF5N5O2/c1-26(2,35)7-6-13-10-19(36-25(39)14-8-15(27(31,32)33)11-17(30)9-14)23(21-22(13)38(3)37-24(21)34)40-20-12-16(29)4-5-18(20)28/h4-5,8-12H,35H2,1-3H3,(H2,34,37)(H,36,39). The van der Waals surface area contributed by atoms with Gasteiger partial charge >= 0.3 is 6.18 Å². The molecule has 40 heavy (non-hydrogen) atoms. The van der Waals surface area contributed by atoms with Gasteiger partial charge in [0.05, 0.1) is 38.3 Å². The molecule has 0 spiro atoms. The van der Waals surface area contributed by atoms with E-state index in [1.54, 1.807) is 20.9 Å². The van der Waals surface area contributed by atoms with E-state index in [9.17, 15) is 26.7 Å². The molecule has 3 aromatic carbocycles. The highest BCUT2D eigenvalue weighted by molar-refractivity contribution is 6.32. The third kappa shape index (κ3) is 6.11. The van der Waals surface area contributed by atoms with Gasteiger partial charge in [-0.25, -0.2) is 8.78 Å². The zero-order valence-electron chi connectivity index (χ0n) is 21.2. The average molecular weight is 578 g/mol. The number of nitrogens with two attached hydrogens (primary N) is 2. The van der Waals surface area contributed by atoms with Crippen molar-refractivity contribution in [2.45, 2.75) is 25.6 Å². The summed E-state index contributed by atoms with van der Waals surface area (Å²) in [6.45, 7) is 3.31. The molecule has 0 aliphatic rings. The lowest BCUT2D eigenvalue weighted by atomic mass is 10.0. The van der Waals surface area contributed by atoms with Gasteiger partial charge in [-0.3, -0.25) is 9.48 Å². The number of hydrogen-bond donors (Lipinski definition) is 3. The lowest BCUT2D eigenvalue weighted by molar-refractivity contribution is -0.137. The quantitative estimate of drug-likeness (QED) is 0.197. The van der Waals surface area contributed by atoms with Crippen LogP contribution in [0.4, 0.5) is 33.5 Å². The predicted molar refractivity (Wildman–Crippen MR) is 141 cm³/mol. The fraction of sp³-hybridized carbons (Fsp3) is 0.185. The lowest BCUT2D eigenvalue weighted by Gasteiger charge is -2.17. The Morgan fingerprint density at radius 1 is 1.10 bits per heavy atom. The van der Waals surface area contributed by atoms with Gasteiger partial charge in [0.25, 0.3) is 5.91 Å². The molecule has 5 N–H and O–H groups in total. The third-order valence-corrected chi connectivity index (χ3v) is 5.76. The van der Waals surface area contributed by atoms with Gasteiger partial charge in [-0.2, -0.15) is 18.3 Å². The normalized spacial score (nSPS) is 11.8. The lowest BCUT2D eigenvalue weighted by Crippen LogP contribution is -2.29. The average Bonchev–Trinajstić information content (AvgIpc) is 3.14. The van der Waals surface area contributed by atoms with Crippen LogP contribution >= 0.6 is 11.6 Å². The predicted octanol–water partition coefficient (Wildman–Crippen LogP) is 6.24. The molecule has 0 bridgehead atoms. The molecule has 0 aliphatic heterocycles.